The Labute approximate surface area is 179 Å². The van der Waals surface area contributed by atoms with E-state index in [0.29, 0.717) is 41.7 Å². The van der Waals surface area contributed by atoms with Crippen LogP contribution in [0, 0.1) is 0 Å². The first-order valence-electron chi connectivity index (χ1n) is 10.1. The Kier molecular flexibility index (Phi) is 5.92. The molecule has 0 saturated carbocycles. The van der Waals surface area contributed by atoms with Crippen LogP contribution in [0.3, 0.4) is 0 Å². The summed E-state index contributed by atoms with van der Waals surface area (Å²) >= 11 is 5.97. The first-order chi connectivity index (χ1) is 14.4. The van der Waals surface area contributed by atoms with Gasteiger partial charge in [0, 0.05) is 45.5 Å². The quantitative estimate of drug-likeness (QED) is 0.749. The highest BCUT2D eigenvalue weighted by Gasteiger charge is 2.30. The van der Waals surface area contributed by atoms with Gasteiger partial charge in [-0.3, -0.25) is 14.6 Å². The van der Waals surface area contributed by atoms with E-state index in [1.54, 1.807) is 35.0 Å². The number of carbonyl (C=O) groups is 2. The number of carbonyl (C=O) groups excluding carboxylic acids is 2. The van der Waals surface area contributed by atoms with Crippen LogP contribution in [-0.4, -0.2) is 74.7 Å². The van der Waals surface area contributed by atoms with Crippen molar-refractivity contribution in [2.24, 2.45) is 7.05 Å². The molecule has 10 heteroatoms. The average Bonchev–Trinajstić information content (AvgIpc) is 3.36. The molecule has 2 N–H and O–H groups in total. The normalized spacial score (nSPS) is 21.7. The Balaban J connectivity index is 1.47. The maximum Gasteiger partial charge on any atom is 0.274 e. The van der Waals surface area contributed by atoms with E-state index in [-0.39, 0.29) is 17.9 Å². The van der Waals surface area contributed by atoms with Crippen LogP contribution < -0.4 is 10.2 Å². The summed E-state index contributed by atoms with van der Waals surface area (Å²) in [7, 11) is 1.75. The molecule has 0 bridgehead atoms. The molecule has 2 amide bonds. The molecule has 2 aliphatic rings. The molecule has 2 saturated heterocycles. The van der Waals surface area contributed by atoms with Gasteiger partial charge < -0.3 is 24.8 Å². The second kappa shape index (κ2) is 8.61. The fourth-order valence-electron chi connectivity index (χ4n) is 4.07. The summed E-state index contributed by atoms with van der Waals surface area (Å²) in [6.07, 6.45) is 6.52. The lowest BCUT2D eigenvalue weighted by Crippen LogP contribution is -2.53. The highest BCUT2D eigenvalue weighted by molar-refractivity contribution is 6.31. The summed E-state index contributed by atoms with van der Waals surface area (Å²) in [5, 5.41) is 13.8. The molecule has 2 aliphatic heterocycles. The minimum absolute atomic E-state index is 0.121. The fraction of sp³-hybridized carbons (Fsp3) is 0.500. The predicted molar refractivity (Wildman–Crippen MR) is 112 cm³/mol. The Morgan fingerprint density at radius 2 is 2.00 bits per heavy atom. The monoisotopic (exact) mass is 432 g/mol. The summed E-state index contributed by atoms with van der Waals surface area (Å²) in [4.78, 5) is 37.6. The van der Waals surface area contributed by atoms with Crippen molar-refractivity contribution >= 4 is 29.2 Å². The summed E-state index contributed by atoms with van der Waals surface area (Å²) in [5.74, 6) is 0.136. The average molecular weight is 433 g/mol. The maximum atomic E-state index is 12.6. The van der Waals surface area contributed by atoms with E-state index < -0.39 is 6.10 Å². The smallest absolute Gasteiger partial charge is 0.274 e. The highest BCUT2D eigenvalue weighted by Crippen LogP contribution is 2.20. The third kappa shape index (κ3) is 4.41. The molecule has 0 spiro atoms. The number of halogens is 1. The second-order valence-electron chi connectivity index (χ2n) is 7.88. The van der Waals surface area contributed by atoms with E-state index in [2.05, 4.69) is 15.3 Å². The second-order valence-corrected chi connectivity index (χ2v) is 8.32. The number of nitrogens with one attached hydrogen (secondary N) is 1. The minimum Gasteiger partial charge on any atom is -0.391 e. The molecule has 2 aromatic rings. The van der Waals surface area contributed by atoms with Gasteiger partial charge in [-0.2, -0.15) is 0 Å². The largest absolute Gasteiger partial charge is 0.391 e. The van der Waals surface area contributed by atoms with E-state index in [1.165, 1.54) is 6.20 Å². The molecule has 0 aliphatic carbocycles. The lowest BCUT2D eigenvalue weighted by molar-refractivity contribution is 0.0786. The SMILES string of the molecule is Cn1cc(Cl)cc1C(=O)N[C@H]1C[C@@H](O)CN(c2cncc(C(=O)N3CCCC3)n2)C1. The van der Waals surface area contributed by atoms with Crippen LogP contribution in [0.5, 0.6) is 0 Å². The maximum absolute atomic E-state index is 12.6. The van der Waals surface area contributed by atoms with Crippen molar-refractivity contribution < 1.29 is 14.7 Å². The van der Waals surface area contributed by atoms with Gasteiger partial charge in [0.15, 0.2) is 0 Å². The number of aryl methyl sites for hydroxylation is 1. The number of β-amino-alcohol motifs (C(OH)–C–C–N with tert-alkyl or cyclic N) is 1. The van der Waals surface area contributed by atoms with Gasteiger partial charge in [-0.1, -0.05) is 11.6 Å². The van der Waals surface area contributed by atoms with Gasteiger partial charge in [-0.25, -0.2) is 4.98 Å². The topological polar surface area (TPSA) is 104 Å². The summed E-state index contributed by atoms with van der Waals surface area (Å²) in [5.41, 5.74) is 0.748. The number of aliphatic hydroxyl groups is 1. The highest BCUT2D eigenvalue weighted by atomic mass is 35.5. The van der Waals surface area contributed by atoms with Gasteiger partial charge in [-0.15, -0.1) is 0 Å². The van der Waals surface area contributed by atoms with Crippen molar-refractivity contribution in [3.05, 3.63) is 41.1 Å². The first-order valence-corrected chi connectivity index (χ1v) is 10.5. The zero-order chi connectivity index (χ0) is 21.3. The molecule has 30 heavy (non-hydrogen) atoms. The number of anilines is 1. The van der Waals surface area contributed by atoms with Gasteiger partial charge in [0.25, 0.3) is 11.8 Å². The third-order valence-corrected chi connectivity index (χ3v) is 5.73. The number of hydrogen-bond donors (Lipinski definition) is 2. The molecular weight excluding hydrogens is 408 g/mol. The molecule has 2 aromatic heterocycles. The van der Waals surface area contributed by atoms with Crippen LogP contribution in [0.25, 0.3) is 0 Å². The van der Waals surface area contributed by atoms with Gasteiger partial charge in [0.1, 0.15) is 17.2 Å². The molecule has 2 fully saturated rings. The zero-order valence-electron chi connectivity index (χ0n) is 16.8. The fourth-order valence-corrected chi connectivity index (χ4v) is 4.32. The molecule has 0 aromatic carbocycles. The van der Waals surface area contributed by atoms with Crippen LogP contribution in [0.4, 0.5) is 5.82 Å². The standard InChI is InChI=1S/C20H25ClN6O3/c1-25-10-13(21)6-17(25)19(29)23-14-7-15(28)12-27(11-14)18-9-22-8-16(24-18)20(30)26-4-2-3-5-26/h6,8-10,14-15,28H,2-5,7,11-12H2,1H3,(H,23,29)/t14-,15+/m0/s1. The first kappa shape index (κ1) is 20.6. The minimum atomic E-state index is -0.638. The van der Waals surface area contributed by atoms with Crippen LogP contribution in [-0.2, 0) is 7.05 Å². The lowest BCUT2D eigenvalue weighted by Gasteiger charge is -2.36. The number of likely N-dealkylation sites (tertiary alicyclic amines) is 1. The van der Waals surface area contributed by atoms with Crippen molar-refractivity contribution in [2.75, 3.05) is 31.1 Å². The molecule has 0 radical (unpaired) electrons. The summed E-state index contributed by atoms with van der Waals surface area (Å²) < 4.78 is 1.66. The molecule has 4 heterocycles. The van der Waals surface area contributed by atoms with E-state index in [1.807, 2.05) is 4.90 Å². The number of piperidine rings is 1. The van der Waals surface area contributed by atoms with Crippen LogP contribution in [0.2, 0.25) is 5.02 Å². The number of hydrogen-bond acceptors (Lipinski definition) is 6. The van der Waals surface area contributed by atoms with Crippen LogP contribution in [0.15, 0.2) is 24.7 Å². The van der Waals surface area contributed by atoms with E-state index in [4.69, 9.17) is 11.6 Å². The van der Waals surface area contributed by atoms with Crippen molar-refractivity contribution in [3.63, 3.8) is 0 Å². The Morgan fingerprint density at radius 3 is 2.70 bits per heavy atom. The third-order valence-electron chi connectivity index (χ3n) is 5.53. The molecular formula is C20H25ClN6O3. The van der Waals surface area contributed by atoms with Crippen LogP contribution >= 0.6 is 11.6 Å². The van der Waals surface area contributed by atoms with Crippen molar-refractivity contribution in [1.82, 2.24) is 24.8 Å². The van der Waals surface area contributed by atoms with E-state index >= 15 is 0 Å². The van der Waals surface area contributed by atoms with Crippen molar-refractivity contribution in [3.8, 4) is 0 Å². The molecule has 160 valence electrons. The van der Waals surface area contributed by atoms with Gasteiger partial charge >= 0.3 is 0 Å². The Morgan fingerprint density at radius 1 is 1.23 bits per heavy atom. The van der Waals surface area contributed by atoms with E-state index in [9.17, 15) is 14.7 Å². The number of nitrogens with zero attached hydrogens (tertiary/aromatic N) is 5. The predicted octanol–water partition coefficient (Wildman–Crippen LogP) is 1.07. The van der Waals surface area contributed by atoms with Crippen molar-refractivity contribution in [1.29, 1.82) is 0 Å². The number of aliphatic hydroxyl groups excluding tert-OH is 1. The van der Waals surface area contributed by atoms with Crippen molar-refractivity contribution in [2.45, 2.75) is 31.4 Å². The summed E-state index contributed by atoms with van der Waals surface area (Å²) in [6, 6.07) is 1.32. The summed E-state index contributed by atoms with van der Waals surface area (Å²) in [6.45, 7) is 2.30. The molecule has 9 nitrogen and oxygen atoms in total. The number of amides is 2. The Hall–Kier alpha value is -2.65. The van der Waals surface area contributed by atoms with Gasteiger partial charge in [0.05, 0.1) is 23.5 Å². The van der Waals surface area contributed by atoms with Gasteiger partial charge in [0.2, 0.25) is 0 Å². The molecule has 4 rings (SSSR count). The molecule has 0 unspecified atom stereocenters. The van der Waals surface area contributed by atoms with Gasteiger partial charge in [-0.05, 0) is 25.3 Å². The number of rotatable bonds is 4. The lowest BCUT2D eigenvalue weighted by atomic mass is 10.0. The Bertz CT molecular complexity index is 942. The van der Waals surface area contributed by atoms with Crippen LogP contribution in [0.1, 0.15) is 40.2 Å². The number of aromatic nitrogens is 3. The zero-order valence-corrected chi connectivity index (χ0v) is 17.5. The van der Waals surface area contributed by atoms with E-state index in [0.717, 1.165) is 25.9 Å². The molecule has 2 atom stereocenters.